The lowest BCUT2D eigenvalue weighted by molar-refractivity contribution is -0.116. The summed E-state index contributed by atoms with van der Waals surface area (Å²) in [5.41, 5.74) is -0.189. The molecule has 0 aliphatic carbocycles. The molecule has 0 aliphatic rings. The molecule has 76 valence electrons. The quantitative estimate of drug-likeness (QED) is 0.834. The molecule has 0 aliphatic heterocycles. The van der Waals surface area contributed by atoms with E-state index in [0.717, 1.165) is 6.07 Å². The number of hydrogen-bond acceptors (Lipinski definition) is 2. The Balaban J connectivity index is 3.29. The Hall–Kier alpha value is -0.970. The first-order chi connectivity index (χ1) is 6.43. The summed E-state index contributed by atoms with van der Waals surface area (Å²) in [5.74, 6) is -2.68. The average molecular weight is 265 g/mol. The van der Waals surface area contributed by atoms with Gasteiger partial charge in [-0.2, -0.15) is 0 Å². The molecule has 1 aromatic carbocycles. The molecule has 0 unspecified atom stereocenters. The Morgan fingerprint density at radius 1 is 1.57 bits per heavy atom. The first-order valence-electron chi connectivity index (χ1n) is 3.78. The molecular weight excluding hydrogens is 258 g/mol. The van der Waals surface area contributed by atoms with Crippen molar-refractivity contribution < 1.29 is 18.7 Å². The van der Waals surface area contributed by atoms with Crippen molar-refractivity contribution in [1.82, 2.24) is 0 Å². The van der Waals surface area contributed by atoms with Crippen LogP contribution in [0.1, 0.15) is 12.5 Å². The van der Waals surface area contributed by atoms with Crippen molar-refractivity contribution in [3.8, 4) is 5.75 Å². The van der Waals surface area contributed by atoms with Crippen LogP contribution >= 0.6 is 15.9 Å². The maximum Gasteiger partial charge on any atom is 0.147 e. The fourth-order valence-electron chi connectivity index (χ4n) is 1.04. The maximum atomic E-state index is 13.3. The number of halogens is 3. The van der Waals surface area contributed by atoms with Gasteiger partial charge in [0.2, 0.25) is 0 Å². The van der Waals surface area contributed by atoms with Crippen LogP contribution in [0.25, 0.3) is 0 Å². The number of phenolic OH excluding ortho intramolecular Hbond substituents is 1. The number of ketones is 1. The van der Waals surface area contributed by atoms with Gasteiger partial charge in [0.15, 0.2) is 0 Å². The van der Waals surface area contributed by atoms with Crippen molar-refractivity contribution in [3.63, 3.8) is 0 Å². The van der Waals surface area contributed by atoms with E-state index in [1.165, 1.54) is 6.92 Å². The molecule has 1 rings (SSSR count). The highest BCUT2D eigenvalue weighted by Gasteiger charge is 2.17. The third-order valence-corrected chi connectivity index (χ3v) is 2.39. The third-order valence-electron chi connectivity index (χ3n) is 1.67. The number of hydrogen-bond donors (Lipinski definition) is 1. The third kappa shape index (κ3) is 2.09. The van der Waals surface area contributed by atoms with E-state index in [2.05, 4.69) is 15.9 Å². The number of carbonyl (C=O) groups excluding carboxylic acids is 1. The molecule has 0 fully saturated rings. The van der Waals surface area contributed by atoms with E-state index >= 15 is 0 Å². The normalized spacial score (nSPS) is 10.3. The molecule has 0 aromatic heterocycles. The summed E-state index contributed by atoms with van der Waals surface area (Å²) >= 11 is 2.68. The summed E-state index contributed by atoms with van der Waals surface area (Å²) in [6, 6.07) is 0.769. The van der Waals surface area contributed by atoms with Crippen LogP contribution in [0.5, 0.6) is 5.75 Å². The summed E-state index contributed by atoms with van der Waals surface area (Å²) in [7, 11) is 0. The number of phenols is 1. The van der Waals surface area contributed by atoms with Gasteiger partial charge in [-0.25, -0.2) is 8.78 Å². The van der Waals surface area contributed by atoms with Crippen molar-refractivity contribution in [2.45, 2.75) is 13.3 Å². The van der Waals surface area contributed by atoms with Crippen LogP contribution in [0.2, 0.25) is 0 Å². The van der Waals surface area contributed by atoms with Gasteiger partial charge >= 0.3 is 0 Å². The van der Waals surface area contributed by atoms with Crippen molar-refractivity contribution in [3.05, 3.63) is 27.7 Å². The van der Waals surface area contributed by atoms with Crippen LogP contribution in [-0.2, 0) is 11.2 Å². The van der Waals surface area contributed by atoms with E-state index in [1.54, 1.807) is 0 Å². The van der Waals surface area contributed by atoms with Gasteiger partial charge in [-0.05, 0) is 22.9 Å². The van der Waals surface area contributed by atoms with Crippen molar-refractivity contribution in [2.24, 2.45) is 0 Å². The lowest BCUT2D eigenvalue weighted by Crippen LogP contribution is -2.01. The summed E-state index contributed by atoms with van der Waals surface area (Å²) in [6.07, 6.45) is -0.253. The Labute approximate surface area is 87.7 Å². The van der Waals surface area contributed by atoms with E-state index in [0.29, 0.717) is 0 Å². The molecule has 1 aromatic rings. The molecule has 1 N–H and O–H groups in total. The second-order valence-electron chi connectivity index (χ2n) is 2.86. The fourth-order valence-corrected chi connectivity index (χ4v) is 1.39. The molecule has 0 heterocycles. The molecule has 0 radical (unpaired) electrons. The topological polar surface area (TPSA) is 37.3 Å². The van der Waals surface area contributed by atoms with Gasteiger partial charge in [-0.15, -0.1) is 0 Å². The highest BCUT2D eigenvalue weighted by atomic mass is 79.9. The van der Waals surface area contributed by atoms with Crippen molar-refractivity contribution in [2.75, 3.05) is 0 Å². The molecule has 0 amide bonds. The largest absolute Gasteiger partial charge is 0.507 e. The number of carbonyl (C=O) groups is 1. The summed E-state index contributed by atoms with van der Waals surface area (Å²) in [5, 5.41) is 9.19. The first kappa shape index (κ1) is 11.1. The molecule has 5 heteroatoms. The van der Waals surface area contributed by atoms with Gasteiger partial charge in [0, 0.05) is 18.1 Å². The predicted octanol–water partition coefficient (Wildman–Crippen LogP) is 2.56. The van der Waals surface area contributed by atoms with Crippen LogP contribution in [-0.4, -0.2) is 10.9 Å². The van der Waals surface area contributed by atoms with E-state index in [9.17, 15) is 18.7 Å². The van der Waals surface area contributed by atoms with Crippen molar-refractivity contribution in [1.29, 1.82) is 0 Å². The summed E-state index contributed by atoms with van der Waals surface area (Å²) in [6.45, 7) is 1.26. The second-order valence-corrected chi connectivity index (χ2v) is 3.66. The SMILES string of the molecule is CC(=O)Cc1c(O)cc(F)c(Br)c1F. The molecule has 2 nitrogen and oxygen atoms in total. The van der Waals surface area contributed by atoms with Gasteiger partial charge in [-0.3, -0.25) is 4.79 Å². The molecule has 14 heavy (non-hydrogen) atoms. The number of Topliss-reactive ketones (excluding diaryl/α,β-unsaturated/α-hetero) is 1. The van der Waals surface area contributed by atoms with E-state index in [-0.39, 0.29) is 22.2 Å². The second kappa shape index (κ2) is 4.04. The van der Waals surface area contributed by atoms with Crippen LogP contribution in [0, 0.1) is 11.6 Å². The number of benzene rings is 1. The maximum absolute atomic E-state index is 13.3. The van der Waals surface area contributed by atoms with Gasteiger partial charge in [-0.1, -0.05) is 0 Å². The zero-order valence-electron chi connectivity index (χ0n) is 7.27. The van der Waals surface area contributed by atoms with Gasteiger partial charge in [0.05, 0.1) is 4.47 Å². The Morgan fingerprint density at radius 3 is 2.64 bits per heavy atom. The lowest BCUT2D eigenvalue weighted by Gasteiger charge is -2.06. The Morgan fingerprint density at radius 2 is 2.14 bits per heavy atom. The van der Waals surface area contributed by atoms with E-state index < -0.39 is 17.4 Å². The van der Waals surface area contributed by atoms with E-state index in [4.69, 9.17) is 0 Å². The molecule has 0 bridgehead atoms. The highest BCUT2D eigenvalue weighted by molar-refractivity contribution is 9.10. The van der Waals surface area contributed by atoms with Crippen LogP contribution in [0.4, 0.5) is 8.78 Å². The summed E-state index contributed by atoms with van der Waals surface area (Å²) in [4.78, 5) is 10.7. The first-order valence-corrected chi connectivity index (χ1v) is 4.57. The standard InChI is InChI=1S/C9H7BrF2O2/c1-4(13)2-5-7(14)3-6(11)8(10)9(5)12/h3,14H,2H2,1H3. The fraction of sp³-hybridized carbons (Fsp3) is 0.222. The van der Waals surface area contributed by atoms with Crippen LogP contribution < -0.4 is 0 Å². The Bertz CT molecular complexity index is 391. The van der Waals surface area contributed by atoms with Gasteiger partial charge < -0.3 is 5.11 Å². The molecule has 0 saturated carbocycles. The number of aromatic hydroxyl groups is 1. The minimum Gasteiger partial charge on any atom is -0.507 e. The minimum atomic E-state index is -0.933. The molecule has 0 saturated heterocycles. The smallest absolute Gasteiger partial charge is 0.147 e. The van der Waals surface area contributed by atoms with Crippen molar-refractivity contribution >= 4 is 21.7 Å². The zero-order chi connectivity index (χ0) is 10.9. The predicted molar refractivity (Wildman–Crippen MR) is 50.1 cm³/mol. The molecule has 0 atom stereocenters. The highest BCUT2D eigenvalue weighted by Crippen LogP contribution is 2.30. The molecular formula is C9H7BrF2O2. The Kier molecular flexibility index (Phi) is 3.21. The van der Waals surface area contributed by atoms with Gasteiger partial charge in [0.1, 0.15) is 23.2 Å². The number of rotatable bonds is 2. The van der Waals surface area contributed by atoms with Crippen LogP contribution in [0.15, 0.2) is 10.5 Å². The van der Waals surface area contributed by atoms with Gasteiger partial charge in [0.25, 0.3) is 0 Å². The lowest BCUT2D eigenvalue weighted by atomic mass is 10.1. The van der Waals surface area contributed by atoms with Crippen LogP contribution in [0.3, 0.4) is 0 Å². The van der Waals surface area contributed by atoms with E-state index in [1.807, 2.05) is 0 Å². The summed E-state index contributed by atoms with van der Waals surface area (Å²) < 4.78 is 25.7. The monoisotopic (exact) mass is 264 g/mol. The minimum absolute atomic E-state index is 0.189. The average Bonchev–Trinajstić information content (AvgIpc) is 2.09. The molecule has 0 spiro atoms. The zero-order valence-corrected chi connectivity index (χ0v) is 8.86.